The molecule has 1 aliphatic carbocycles. The summed E-state index contributed by atoms with van der Waals surface area (Å²) in [7, 11) is 1.99. The van der Waals surface area contributed by atoms with Crippen LogP contribution in [0.3, 0.4) is 0 Å². The molecule has 0 radical (unpaired) electrons. The van der Waals surface area contributed by atoms with Crippen molar-refractivity contribution in [3.05, 3.63) is 34.1 Å². The van der Waals surface area contributed by atoms with E-state index in [9.17, 15) is 4.39 Å². The van der Waals surface area contributed by atoms with Gasteiger partial charge in [0.15, 0.2) is 0 Å². The zero-order valence-electron chi connectivity index (χ0n) is 9.47. The van der Waals surface area contributed by atoms with Crippen LogP contribution in [0.2, 0.25) is 0 Å². The van der Waals surface area contributed by atoms with Gasteiger partial charge in [0, 0.05) is 4.47 Å². The number of nitrogens with one attached hydrogen (secondary N) is 1. The SMILES string of the molecule is CNCC1CCC1Cc1cc(F)cc(Br)c1. The summed E-state index contributed by atoms with van der Waals surface area (Å²) in [4.78, 5) is 0. The molecule has 3 heteroatoms. The van der Waals surface area contributed by atoms with Gasteiger partial charge in [-0.15, -0.1) is 0 Å². The van der Waals surface area contributed by atoms with Crippen molar-refractivity contribution in [2.24, 2.45) is 11.8 Å². The van der Waals surface area contributed by atoms with Crippen molar-refractivity contribution in [1.82, 2.24) is 5.32 Å². The summed E-state index contributed by atoms with van der Waals surface area (Å²) in [5, 5.41) is 3.22. The van der Waals surface area contributed by atoms with Crippen molar-refractivity contribution in [1.29, 1.82) is 0 Å². The van der Waals surface area contributed by atoms with Gasteiger partial charge >= 0.3 is 0 Å². The minimum absolute atomic E-state index is 0.145. The lowest BCUT2D eigenvalue weighted by Gasteiger charge is -2.36. The van der Waals surface area contributed by atoms with Gasteiger partial charge in [0.2, 0.25) is 0 Å². The number of benzene rings is 1. The first-order valence-corrected chi connectivity index (χ1v) is 6.58. The standard InChI is InChI=1S/C13H17BrFN/c1-16-8-11-3-2-10(11)4-9-5-12(14)7-13(15)6-9/h5-7,10-11,16H,2-4,8H2,1H3. The van der Waals surface area contributed by atoms with E-state index < -0.39 is 0 Å². The summed E-state index contributed by atoms with van der Waals surface area (Å²) < 4.78 is 14.0. The van der Waals surface area contributed by atoms with Crippen LogP contribution in [0.1, 0.15) is 18.4 Å². The van der Waals surface area contributed by atoms with E-state index in [1.54, 1.807) is 6.07 Å². The van der Waals surface area contributed by atoms with Crippen LogP contribution in [-0.4, -0.2) is 13.6 Å². The van der Waals surface area contributed by atoms with Gasteiger partial charge in [-0.25, -0.2) is 4.39 Å². The van der Waals surface area contributed by atoms with E-state index in [1.807, 2.05) is 13.1 Å². The van der Waals surface area contributed by atoms with Gasteiger partial charge in [-0.3, -0.25) is 0 Å². The summed E-state index contributed by atoms with van der Waals surface area (Å²) in [6, 6.07) is 5.19. The molecule has 0 aromatic heterocycles. The highest BCUT2D eigenvalue weighted by molar-refractivity contribution is 9.10. The maximum Gasteiger partial charge on any atom is 0.124 e. The third kappa shape index (κ3) is 2.83. The van der Waals surface area contributed by atoms with Crippen LogP contribution in [0.15, 0.2) is 22.7 Å². The van der Waals surface area contributed by atoms with Crippen LogP contribution >= 0.6 is 15.9 Å². The predicted octanol–water partition coefficient (Wildman–Crippen LogP) is 3.38. The van der Waals surface area contributed by atoms with Gasteiger partial charge < -0.3 is 5.32 Å². The van der Waals surface area contributed by atoms with Gasteiger partial charge in [0.05, 0.1) is 0 Å². The first-order chi connectivity index (χ1) is 7.69. The number of hydrogen-bond acceptors (Lipinski definition) is 1. The molecular formula is C13H17BrFN. The Labute approximate surface area is 105 Å². The third-order valence-electron chi connectivity index (χ3n) is 3.46. The number of hydrogen-bond donors (Lipinski definition) is 1. The highest BCUT2D eigenvalue weighted by atomic mass is 79.9. The normalized spacial score (nSPS) is 24.2. The molecule has 88 valence electrons. The zero-order chi connectivity index (χ0) is 11.5. The van der Waals surface area contributed by atoms with E-state index in [1.165, 1.54) is 18.9 Å². The minimum atomic E-state index is -0.145. The Bertz CT molecular complexity index is 347. The third-order valence-corrected chi connectivity index (χ3v) is 3.92. The van der Waals surface area contributed by atoms with E-state index in [0.29, 0.717) is 0 Å². The van der Waals surface area contributed by atoms with Gasteiger partial charge in [0.25, 0.3) is 0 Å². The van der Waals surface area contributed by atoms with E-state index in [-0.39, 0.29) is 5.82 Å². The maximum absolute atomic E-state index is 13.2. The molecule has 1 nitrogen and oxygen atoms in total. The van der Waals surface area contributed by atoms with Gasteiger partial charge in [-0.2, -0.15) is 0 Å². The Morgan fingerprint density at radius 2 is 2.06 bits per heavy atom. The molecule has 2 unspecified atom stereocenters. The van der Waals surface area contributed by atoms with Gasteiger partial charge in [-0.05, 0) is 68.5 Å². The monoisotopic (exact) mass is 285 g/mol. The summed E-state index contributed by atoms with van der Waals surface area (Å²) in [6.45, 7) is 1.08. The van der Waals surface area contributed by atoms with Crippen LogP contribution in [-0.2, 0) is 6.42 Å². The first-order valence-electron chi connectivity index (χ1n) is 5.78. The molecule has 0 spiro atoms. The molecule has 2 atom stereocenters. The maximum atomic E-state index is 13.2. The molecule has 0 aliphatic heterocycles. The van der Waals surface area contributed by atoms with Crippen LogP contribution in [0.25, 0.3) is 0 Å². The predicted molar refractivity (Wildman–Crippen MR) is 67.9 cm³/mol. The molecule has 0 bridgehead atoms. The summed E-state index contributed by atoms with van der Waals surface area (Å²) >= 11 is 3.34. The summed E-state index contributed by atoms with van der Waals surface area (Å²) in [5.74, 6) is 1.35. The molecule has 1 fully saturated rings. The largest absolute Gasteiger partial charge is 0.319 e. The van der Waals surface area contributed by atoms with Crippen LogP contribution in [0.5, 0.6) is 0 Å². The summed E-state index contributed by atoms with van der Waals surface area (Å²) in [6.07, 6.45) is 3.59. The van der Waals surface area contributed by atoms with Crippen LogP contribution < -0.4 is 5.32 Å². The Balaban J connectivity index is 1.98. The molecule has 0 saturated heterocycles. The fourth-order valence-electron chi connectivity index (χ4n) is 2.47. The van der Waals surface area contributed by atoms with Gasteiger partial charge in [-0.1, -0.05) is 15.9 Å². The second-order valence-electron chi connectivity index (χ2n) is 4.64. The Hall–Kier alpha value is -0.410. The van der Waals surface area contributed by atoms with E-state index in [4.69, 9.17) is 0 Å². The molecule has 0 heterocycles. The number of halogens is 2. The lowest BCUT2D eigenvalue weighted by atomic mass is 9.71. The highest BCUT2D eigenvalue weighted by Crippen LogP contribution is 2.36. The Morgan fingerprint density at radius 1 is 1.31 bits per heavy atom. The van der Waals surface area contributed by atoms with Crippen molar-refractivity contribution in [3.63, 3.8) is 0 Å². The molecule has 0 amide bonds. The average Bonchev–Trinajstić information content (AvgIpc) is 2.20. The lowest BCUT2D eigenvalue weighted by Crippen LogP contribution is -2.35. The van der Waals surface area contributed by atoms with Crippen LogP contribution in [0, 0.1) is 17.7 Å². The molecule has 16 heavy (non-hydrogen) atoms. The fourth-order valence-corrected chi connectivity index (χ4v) is 2.98. The topological polar surface area (TPSA) is 12.0 Å². The molecule has 1 N–H and O–H groups in total. The van der Waals surface area contributed by atoms with Crippen molar-refractivity contribution >= 4 is 15.9 Å². The number of rotatable bonds is 4. The molecule has 1 saturated carbocycles. The van der Waals surface area contributed by atoms with Crippen molar-refractivity contribution in [2.45, 2.75) is 19.3 Å². The Kier molecular flexibility index (Phi) is 3.98. The fraction of sp³-hybridized carbons (Fsp3) is 0.538. The Morgan fingerprint density at radius 3 is 2.62 bits per heavy atom. The van der Waals surface area contributed by atoms with Crippen molar-refractivity contribution < 1.29 is 4.39 Å². The molecule has 1 aromatic carbocycles. The average molecular weight is 286 g/mol. The molecule has 1 aromatic rings. The lowest BCUT2D eigenvalue weighted by molar-refractivity contribution is 0.174. The molecular weight excluding hydrogens is 269 g/mol. The zero-order valence-corrected chi connectivity index (χ0v) is 11.1. The van der Waals surface area contributed by atoms with Crippen molar-refractivity contribution in [3.8, 4) is 0 Å². The molecule has 1 aliphatic rings. The first kappa shape index (κ1) is 12.1. The molecule has 2 rings (SSSR count). The van der Waals surface area contributed by atoms with Gasteiger partial charge in [0.1, 0.15) is 5.82 Å². The van der Waals surface area contributed by atoms with Crippen LogP contribution in [0.4, 0.5) is 4.39 Å². The van der Waals surface area contributed by atoms with E-state index >= 15 is 0 Å². The smallest absolute Gasteiger partial charge is 0.124 e. The quantitative estimate of drug-likeness (QED) is 0.894. The second kappa shape index (κ2) is 5.28. The van der Waals surface area contributed by atoms with E-state index in [2.05, 4.69) is 21.2 Å². The second-order valence-corrected chi connectivity index (χ2v) is 5.55. The minimum Gasteiger partial charge on any atom is -0.319 e. The van der Waals surface area contributed by atoms with E-state index in [0.717, 1.165) is 34.8 Å². The highest BCUT2D eigenvalue weighted by Gasteiger charge is 2.29. The summed E-state index contributed by atoms with van der Waals surface area (Å²) in [5.41, 5.74) is 1.11. The van der Waals surface area contributed by atoms with Crippen molar-refractivity contribution in [2.75, 3.05) is 13.6 Å².